The van der Waals surface area contributed by atoms with Gasteiger partial charge in [0.25, 0.3) is 0 Å². The molecule has 0 saturated heterocycles. The molecule has 5 heteroatoms. The maximum absolute atomic E-state index is 13.2. The third-order valence-corrected chi connectivity index (χ3v) is 9.20. The quantitative estimate of drug-likeness (QED) is 0.600. The molecule has 0 bridgehead atoms. The van der Waals surface area contributed by atoms with Crippen molar-refractivity contribution in [2.45, 2.75) is 71.2 Å². The number of ketones is 1. The number of allylic oxidation sites excluding steroid dienone is 2. The molecule has 0 aromatic heterocycles. The first kappa shape index (κ1) is 21.2. The van der Waals surface area contributed by atoms with E-state index in [2.05, 4.69) is 33.8 Å². The van der Waals surface area contributed by atoms with E-state index in [0.29, 0.717) is 5.92 Å². The van der Waals surface area contributed by atoms with Gasteiger partial charge in [-0.15, -0.1) is 0 Å². The number of hydrogen-bond donors (Lipinski definition) is 1. The highest BCUT2D eigenvalue weighted by molar-refractivity contribution is 8.38. The lowest BCUT2D eigenvalue weighted by Crippen LogP contribution is -2.40. The van der Waals surface area contributed by atoms with E-state index in [9.17, 15) is 14.7 Å². The highest BCUT2D eigenvalue weighted by Crippen LogP contribution is 2.58. The van der Waals surface area contributed by atoms with E-state index < -0.39 is 6.10 Å². The standard InChI is InChI=1S/C22H32O3S2/c1-12(2)14-7-9-21(4)11-16-15(13(3)18(23)19(24)17(14)21)8-10-22(16,5)27-20(25)26-6/h11-13,15,19,24H,7-10H2,1-6H3/b16-11+/t13-,15+,19+,21-,22-/m1/s1. The maximum atomic E-state index is 13.2. The van der Waals surface area contributed by atoms with Crippen molar-refractivity contribution in [2.24, 2.45) is 23.2 Å². The highest BCUT2D eigenvalue weighted by Gasteiger charge is 2.52. The van der Waals surface area contributed by atoms with Gasteiger partial charge < -0.3 is 5.11 Å². The molecule has 0 aromatic carbocycles. The van der Waals surface area contributed by atoms with Crippen LogP contribution in [0.4, 0.5) is 4.79 Å². The molecule has 0 spiro atoms. The summed E-state index contributed by atoms with van der Waals surface area (Å²) in [5.41, 5.74) is 3.15. The van der Waals surface area contributed by atoms with Gasteiger partial charge in [-0.05, 0) is 56.3 Å². The van der Waals surface area contributed by atoms with Gasteiger partial charge in [-0.25, -0.2) is 0 Å². The molecule has 0 unspecified atom stereocenters. The Morgan fingerprint density at radius 3 is 2.56 bits per heavy atom. The van der Waals surface area contributed by atoms with Crippen LogP contribution in [0.15, 0.2) is 22.8 Å². The summed E-state index contributed by atoms with van der Waals surface area (Å²) in [6.07, 6.45) is 6.86. The van der Waals surface area contributed by atoms with Gasteiger partial charge in [-0.1, -0.05) is 68.4 Å². The first-order chi connectivity index (χ1) is 12.5. The summed E-state index contributed by atoms with van der Waals surface area (Å²) >= 11 is 2.69. The van der Waals surface area contributed by atoms with E-state index >= 15 is 0 Å². The molecule has 0 amide bonds. The van der Waals surface area contributed by atoms with Crippen LogP contribution in [0.5, 0.6) is 0 Å². The molecule has 3 aliphatic rings. The van der Waals surface area contributed by atoms with Gasteiger partial charge in [0, 0.05) is 16.1 Å². The van der Waals surface area contributed by atoms with Crippen LogP contribution in [0.25, 0.3) is 0 Å². The number of aliphatic hydroxyl groups excluding tert-OH is 1. The lowest BCUT2D eigenvalue weighted by molar-refractivity contribution is -0.130. The molecule has 0 aromatic rings. The summed E-state index contributed by atoms with van der Waals surface area (Å²) in [7, 11) is 0. The zero-order valence-corrected chi connectivity index (χ0v) is 18.9. The molecule has 1 fully saturated rings. The number of Topliss-reactive ketones (excluding diaryl/α,β-unsaturated/α-hetero) is 1. The number of hydrogen-bond acceptors (Lipinski definition) is 5. The summed E-state index contributed by atoms with van der Waals surface area (Å²) in [4.78, 5) is 25.4. The number of fused-ring (bicyclic) bond motifs is 2. The van der Waals surface area contributed by atoms with Gasteiger partial charge in [-0.2, -0.15) is 0 Å². The zero-order chi connectivity index (χ0) is 20.1. The van der Waals surface area contributed by atoms with Crippen LogP contribution in [0.2, 0.25) is 0 Å². The zero-order valence-electron chi connectivity index (χ0n) is 17.3. The minimum absolute atomic E-state index is 0.0441. The second-order valence-electron chi connectivity index (χ2n) is 9.14. The average molecular weight is 409 g/mol. The van der Waals surface area contributed by atoms with Gasteiger partial charge in [-0.3, -0.25) is 9.59 Å². The fourth-order valence-electron chi connectivity index (χ4n) is 5.44. The van der Waals surface area contributed by atoms with Crippen LogP contribution in [0.3, 0.4) is 0 Å². The number of aliphatic hydroxyl groups is 1. The molecule has 0 radical (unpaired) electrons. The molecular formula is C22H32O3S2. The van der Waals surface area contributed by atoms with Crippen LogP contribution in [-0.4, -0.2) is 32.4 Å². The van der Waals surface area contributed by atoms with E-state index in [4.69, 9.17) is 0 Å². The predicted molar refractivity (Wildman–Crippen MR) is 115 cm³/mol. The van der Waals surface area contributed by atoms with Gasteiger partial charge in [0.05, 0.1) is 0 Å². The third kappa shape index (κ3) is 3.49. The molecule has 3 rings (SSSR count). The minimum atomic E-state index is -0.991. The Labute approximate surface area is 171 Å². The number of carbonyl (C=O) groups excluding carboxylic acids is 2. The molecule has 3 nitrogen and oxygen atoms in total. The Morgan fingerprint density at radius 2 is 1.96 bits per heavy atom. The molecule has 1 N–H and O–H groups in total. The Morgan fingerprint density at radius 1 is 1.30 bits per heavy atom. The summed E-state index contributed by atoms with van der Waals surface area (Å²) in [5, 5.41) is 11.0. The van der Waals surface area contributed by atoms with E-state index in [-0.39, 0.29) is 32.2 Å². The molecular weight excluding hydrogens is 376 g/mol. The van der Waals surface area contributed by atoms with Crippen molar-refractivity contribution in [1.29, 1.82) is 0 Å². The molecule has 0 heterocycles. The first-order valence-electron chi connectivity index (χ1n) is 9.99. The van der Waals surface area contributed by atoms with Gasteiger partial charge in [0.2, 0.25) is 4.45 Å². The van der Waals surface area contributed by atoms with E-state index in [1.54, 1.807) is 0 Å². The molecule has 150 valence electrons. The van der Waals surface area contributed by atoms with Crippen LogP contribution in [-0.2, 0) is 4.79 Å². The third-order valence-electron chi connectivity index (χ3n) is 7.06. The summed E-state index contributed by atoms with van der Waals surface area (Å²) in [6, 6.07) is 0. The smallest absolute Gasteiger partial charge is 0.246 e. The lowest BCUT2D eigenvalue weighted by Gasteiger charge is -2.38. The normalized spacial score (nSPS) is 41.1. The fourth-order valence-corrected chi connectivity index (χ4v) is 7.24. The Kier molecular flexibility index (Phi) is 5.80. The van der Waals surface area contributed by atoms with Crippen molar-refractivity contribution in [3.63, 3.8) is 0 Å². The summed E-state index contributed by atoms with van der Waals surface area (Å²) < 4.78 is -0.119. The first-order valence-corrected chi connectivity index (χ1v) is 12.0. The van der Waals surface area contributed by atoms with Crippen LogP contribution in [0.1, 0.15) is 60.3 Å². The lowest BCUT2D eigenvalue weighted by atomic mass is 9.69. The second kappa shape index (κ2) is 7.38. The minimum Gasteiger partial charge on any atom is -0.381 e. The Hall–Kier alpha value is -0.520. The van der Waals surface area contributed by atoms with Gasteiger partial charge in [0.15, 0.2) is 5.78 Å². The van der Waals surface area contributed by atoms with E-state index in [1.807, 2.05) is 13.2 Å². The molecule has 27 heavy (non-hydrogen) atoms. The van der Waals surface area contributed by atoms with E-state index in [1.165, 1.54) is 34.7 Å². The van der Waals surface area contributed by atoms with Crippen molar-refractivity contribution in [1.82, 2.24) is 0 Å². The Bertz CT molecular complexity index is 723. The summed E-state index contributed by atoms with van der Waals surface area (Å²) in [5.74, 6) is 0.192. The highest BCUT2D eigenvalue weighted by atomic mass is 32.2. The van der Waals surface area contributed by atoms with Gasteiger partial charge in [0.1, 0.15) is 6.10 Å². The van der Waals surface area contributed by atoms with Crippen molar-refractivity contribution in [2.75, 3.05) is 6.26 Å². The van der Waals surface area contributed by atoms with Crippen molar-refractivity contribution >= 4 is 33.8 Å². The molecule has 3 aliphatic carbocycles. The predicted octanol–water partition coefficient (Wildman–Crippen LogP) is 5.63. The van der Waals surface area contributed by atoms with Crippen LogP contribution in [0, 0.1) is 23.2 Å². The summed E-state index contributed by atoms with van der Waals surface area (Å²) in [6.45, 7) is 10.6. The van der Waals surface area contributed by atoms with E-state index in [0.717, 1.165) is 31.3 Å². The second-order valence-corrected chi connectivity index (χ2v) is 11.6. The fraction of sp³-hybridized carbons (Fsp3) is 0.727. The topological polar surface area (TPSA) is 54.4 Å². The van der Waals surface area contributed by atoms with Crippen molar-refractivity contribution < 1.29 is 14.7 Å². The number of thioether (sulfide) groups is 2. The van der Waals surface area contributed by atoms with Crippen molar-refractivity contribution in [3.8, 4) is 0 Å². The molecule has 1 saturated carbocycles. The van der Waals surface area contributed by atoms with Gasteiger partial charge >= 0.3 is 0 Å². The maximum Gasteiger partial charge on any atom is 0.246 e. The van der Waals surface area contributed by atoms with Crippen LogP contribution < -0.4 is 0 Å². The number of rotatable bonds is 2. The van der Waals surface area contributed by atoms with Crippen molar-refractivity contribution in [3.05, 3.63) is 22.8 Å². The SMILES string of the molecule is CSC(=O)S[C@]1(C)CC[C@@H]2/C1=C\[C@@]1(C)CCC(C(C)C)=C1[C@H](O)C(=O)[C@@H]2C. The Balaban J connectivity index is 2.17. The molecule has 0 aliphatic heterocycles. The molecule has 5 atom stereocenters. The monoisotopic (exact) mass is 408 g/mol. The largest absolute Gasteiger partial charge is 0.381 e. The number of carbonyl (C=O) groups is 2. The average Bonchev–Trinajstić information content (AvgIpc) is 3.10. The van der Waals surface area contributed by atoms with Crippen LogP contribution >= 0.6 is 23.5 Å².